The number of pyridine rings is 1. The van der Waals surface area contributed by atoms with E-state index in [9.17, 15) is 20.0 Å². The van der Waals surface area contributed by atoms with Crippen molar-refractivity contribution in [1.29, 1.82) is 5.26 Å². The lowest BCUT2D eigenvalue weighted by atomic mass is 9.97. The van der Waals surface area contributed by atoms with E-state index in [1.54, 1.807) is 49.6 Å². The molecule has 0 atom stereocenters. The average Bonchev–Trinajstić information content (AvgIpc) is 2.77. The third-order valence-corrected chi connectivity index (χ3v) is 4.86. The number of aromatic hydroxyl groups is 1. The van der Waals surface area contributed by atoms with Gasteiger partial charge in [-0.25, -0.2) is 0 Å². The highest BCUT2D eigenvalue weighted by molar-refractivity contribution is 6.11. The molecule has 152 valence electrons. The Kier molecular flexibility index (Phi) is 5.88. The van der Waals surface area contributed by atoms with Crippen LogP contribution in [0.4, 0.5) is 0 Å². The molecule has 0 amide bonds. The van der Waals surface area contributed by atoms with Gasteiger partial charge in [-0.3, -0.25) is 14.2 Å². The molecule has 0 aliphatic carbocycles. The number of methoxy groups -OCH3 is 2. The molecule has 30 heavy (non-hydrogen) atoms. The van der Waals surface area contributed by atoms with Gasteiger partial charge < -0.3 is 14.6 Å². The predicted molar refractivity (Wildman–Crippen MR) is 110 cm³/mol. The monoisotopic (exact) mass is 404 g/mol. The van der Waals surface area contributed by atoms with Crippen LogP contribution in [0.5, 0.6) is 17.4 Å². The van der Waals surface area contributed by atoms with Gasteiger partial charge in [0.15, 0.2) is 5.78 Å². The molecule has 0 spiro atoms. The predicted octanol–water partition coefficient (Wildman–Crippen LogP) is 3.03. The average molecular weight is 404 g/mol. The lowest BCUT2D eigenvalue weighted by Gasteiger charge is -2.16. The highest BCUT2D eigenvalue weighted by Crippen LogP contribution is 2.27. The molecule has 0 saturated heterocycles. The summed E-state index contributed by atoms with van der Waals surface area (Å²) in [5.41, 5.74) is 0.164. The largest absolute Gasteiger partial charge is 0.497 e. The Hall–Kier alpha value is -4.05. The van der Waals surface area contributed by atoms with Crippen molar-refractivity contribution >= 4 is 5.78 Å². The summed E-state index contributed by atoms with van der Waals surface area (Å²) in [5, 5.41) is 20.4. The molecule has 0 aliphatic rings. The summed E-state index contributed by atoms with van der Waals surface area (Å²) in [6.45, 7) is 1.47. The van der Waals surface area contributed by atoms with Crippen molar-refractivity contribution in [2.45, 2.75) is 13.5 Å². The molecule has 0 saturated carbocycles. The molecule has 2 aromatic carbocycles. The summed E-state index contributed by atoms with van der Waals surface area (Å²) in [6, 6.07) is 15.2. The molecule has 7 heteroatoms. The fourth-order valence-electron chi connectivity index (χ4n) is 3.19. The van der Waals surface area contributed by atoms with Crippen LogP contribution in [-0.2, 0) is 6.54 Å². The summed E-state index contributed by atoms with van der Waals surface area (Å²) in [4.78, 5) is 26.0. The maximum atomic E-state index is 13.2. The van der Waals surface area contributed by atoms with Crippen LogP contribution in [0.25, 0.3) is 0 Å². The molecule has 7 nitrogen and oxygen atoms in total. The van der Waals surface area contributed by atoms with Gasteiger partial charge in [0.05, 0.1) is 26.3 Å². The van der Waals surface area contributed by atoms with E-state index in [4.69, 9.17) is 9.47 Å². The van der Waals surface area contributed by atoms with Crippen LogP contribution in [-0.4, -0.2) is 29.7 Å². The summed E-state index contributed by atoms with van der Waals surface area (Å²) in [5.74, 6) is 0.125. The first-order valence-corrected chi connectivity index (χ1v) is 9.09. The third-order valence-electron chi connectivity index (χ3n) is 4.86. The first kappa shape index (κ1) is 20.7. The minimum Gasteiger partial charge on any atom is -0.497 e. The van der Waals surface area contributed by atoms with Gasteiger partial charge in [-0.1, -0.05) is 24.3 Å². The lowest BCUT2D eigenvalue weighted by Crippen LogP contribution is -2.27. The normalized spacial score (nSPS) is 10.3. The van der Waals surface area contributed by atoms with Gasteiger partial charge in [0.2, 0.25) is 5.88 Å². The number of hydrogen-bond donors (Lipinski definition) is 1. The van der Waals surface area contributed by atoms with Crippen molar-refractivity contribution < 1.29 is 19.4 Å². The van der Waals surface area contributed by atoms with Crippen LogP contribution in [0.1, 0.15) is 32.6 Å². The molecule has 0 aliphatic heterocycles. The molecule has 1 aromatic heterocycles. The van der Waals surface area contributed by atoms with Crippen LogP contribution in [0, 0.1) is 18.3 Å². The summed E-state index contributed by atoms with van der Waals surface area (Å²) in [7, 11) is 3.02. The molecule has 3 aromatic rings. The Balaban J connectivity index is 2.16. The molecular weight excluding hydrogens is 384 g/mol. The van der Waals surface area contributed by atoms with Gasteiger partial charge >= 0.3 is 0 Å². The number of hydrogen-bond acceptors (Lipinski definition) is 6. The first-order valence-electron chi connectivity index (χ1n) is 9.09. The van der Waals surface area contributed by atoms with E-state index in [-0.39, 0.29) is 28.8 Å². The Bertz CT molecular complexity index is 1200. The van der Waals surface area contributed by atoms with E-state index in [0.29, 0.717) is 17.1 Å². The Morgan fingerprint density at radius 2 is 1.77 bits per heavy atom. The van der Waals surface area contributed by atoms with Gasteiger partial charge in [0.1, 0.15) is 23.1 Å². The number of aromatic nitrogens is 1. The summed E-state index contributed by atoms with van der Waals surface area (Å²) >= 11 is 0. The molecule has 0 bridgehead atoms. The SMILES string of the molecule is COc1ccc(Cn2c(O)c(C(=O)c3cccc(OC)c3)c(C)c(C#N)c2=O)cc1. The van der Waals surface area contributed by atoms with E-state index >= 15 is 0 Å². The number of rotatable bonds is 6. The molecule has 3 rings (SSSR count). The van der Waals surface area contributed by atoms with Crippen LogP contribution in [0.3, 0.4) is 0 Å². The van der Waals surface area contributed by atoms with Gasteiger partial charge in [-0.15, -0.1) is 0 Å². The zero-order valence-corrected chi connectivity index (χ0v) is 16.8. The van der Waals surface area contributed by atoms with Gasteiger partial charge in [-0.2, -0.15) is 5.26 Å². The van der Waals surface area contributed by atoms with E-state index in [1.807, 2.05) is 6.07 Å². The smallest absolute Gasteiger partial charge is 0.271 e. The molecular formula is C23H20N2O5. The summed E-state index contributed by atoms with van der Waals surface area (Å²) < 4.78 is 11.3. The van der Waals surface area contributed by atoms with Crippen molar-refractivity contribution in [1.82, 2.24) is 4.57 Å². The quantitative estimate of drug-likeness (QED) is 0.634. The van der Waals surface area contributed by atoms with Gasteiger partial charge in [0.25, 0.3) is 5.56 Å². The van der Waals surface area contributed by atoms with E-state index in [1.165, 1.54) is 20.1 Å². The maximum Gasteiger partial charge on any atom is 0.271 e. The molecule has 0 radical (unpaired) electrons. The maximum absolute atomic E-state index is 13.2. The molecule has 0 unspecified atom stereocenters. The highest BCUT2D eigenvalue weighted by atomic mass is 16.5. The van der Waals surface area contributed by atoms with Crippen LogP contribution >= 0.6 is 0 Å². The Labute approximate surface area is 173 Å². The van der Waals surface area contributed by atoms with Gasteiger partial charge in [-0.05, 0) is 42.3 Å². The van der Waals surface area contributed by atoms with Crippen molar-refractivity contribution in [3.8, 4) is 23.4 Å². The number of carbonyl (C=O) groups is 1. The number of nitrogens with zero attached hydrogens (tertiary/aromatic N) is 2. The first-order chi connectivity index (χ1) is 14.4. The lowest BCUT2D eigenvalue weighted by molar-refractivity contribution is 0.103. The molecule has 1 N–H and O–H groups in total. The van der Waals surface area contributed by atoms with Crippen LogP contribution in [0.15, 0.2) is 53.3 Å². The van der Waals surface area contributed by atoms with Crippen LogP contribution < -0.4 is 15.0 Å². The fraction of sp³-hybridized carbons (Fsp3) is 0.174. The number of benzene rings is 2. The van der Waals surface area contributed by atoms with E-state index in [2.05, 4.69) is 0 Å². The van der Waals surface area contributed by atoms with E-state index in [0.717, 1.165) is 4.57 Å². The third kappa shape index (κ3) is 3.76. The second kappa shape index (κ2) is 8.53. The highest BCUT2D eigenvalue weighted by Gasteiger charge is 2.25. The Morgan fingerprint density at radius 3 is 2.37 bits per heavy atom. The van der Waals surface area contributed by atoms with Crippen molar-refractivity contribution in [3.05, 3.63) is 86.7 Å². The van der Waals surface area contributed by atoms with Gasteiger partial charge in [0, 0.05) is 5.56 Å². The second-order valence-corrected chi connectivity index (χ2v) is 6.61. The Morgan fingerprint density at radius 1 is 1.10 bits per heavy atom. The summed E-state index contributed by atoms with van der Waals surface area (Å²) in [6.07, 6.45) is 0. The minimum atomic E-state index is -0.662. The zero-order chi connectivity index (χ0) is 21.8. The number of carbonyl (C=O) groups excluding carboxylic acids is 1. The standard InChI is InChI=1S/C23H20N2O5/c1-14-19(12-24)22(27)25(13-15-7-9-17(29-2)10-8-15)23(28)20(14)21(26)16-5-4-6-18(11-16)30-3/h4-11,28H,13H2,1-3H3. The zero-order valence-electron chi connectivity index (χ0n) is 16.8. The number of ether oxygens (including phenoxy) is 2. The van der Waals surface area contributed by atoms with Crippen LogP contribution in [0.2, 0.25) is 0 Å². The topological polar surface area (TPSA) is 102 Å². The number of nitriles is 1. The second-order valence-electron chi connectivity index (χ2n) is 6.61. The van der Waals surface area contributed by atoms with Crippen molar-refractivity contribution in [2.24, 2.45) is 0 Å². The molecule has 0 fully saturated rings. The van der Waals surface area contributed by atoms with E-state index < -0.39 is 17.2 Å². The van der Waals surface area contributed by atoms with Crippen molar-refractivity contribution in [3.63, 3.8) is 0 Å². The van der Waals surface area contributed by atoms with Crippen molar-refractivity contribution in [2.75, 3.05) is 14.2 Å². The fourth-order valence-corrected chi connectivity index (χ4v) is 3.19. The molecule has 1 heterocycles. The minimum absolute atomic E-state index is 0.0119. The number of ketones is 1.